The monoisotopic (exact) mass is 508 g/mol. The van der Waals surface area contributed by atoms with Gasteiger partial charge < -0.3 is 15.8 Å². The van der Waals surface area contributed by atoms with E-state index < -0.39 is 0 Å². The van der Waals surface area contributed by atoms with E-state index in [0.717, 1.165) is 31.7 Å². The van der Waals surface area contributed by atoms with Crippen LogP contribution >= 0.6 is 24.0 Å². The number of nitrogens with one attached hydrogen (secondary N) is 1. The van der Waals surface area contributed by atoms with Crippen molar-refractivity contribution in [1.82, 2.24) is 4.90 Å². The summed E-state index contributed by atoms with van der Waals surface area (Å²) in [6.07, 6.45) is 1.57. The quantitative estimate of drug-likeness (QED) is 0.345. The maximum atomic E-state index is 6.11. The Morgan fingerprint density at radius 2 is 1.69 bits per heavy atom. The largest absolute Gasteiger partial charge is 0.373 e. The second-order valence-electron chi connectivity index (χ2n) is 7.60. The molecule has 3 rings (SSSR count). The van der Waals surface area contributed by atoms with Crippen molar-refractivity contribution >= 4 is 35.6 Å². The molecule has 1 aliphatic heterocycles. The van der Waals surface area contributed by atoms with E-state index in [4.69, 9.17) is 10.5 Å². The van der Waals surface area contributed by atoms with Gasteiger partial charge in [0.25, 0.3) is 0 Å². The van der Waals surface area contributed by atoms with Crippen LogP contribution in [-0.2, 0) is 24.2 Å². The Bertz CT molecular complexity index is 784. The summed E-state index contributed by atoms with van der Waals surface area (Å²) in [5.41, 5.74) is 10.9. The predicted octanol–water partition coefficient (Wildman–Crippen LogP) is 4.40. The van der Waals surface area contributed by atoms with Crippen LogP contribution in [0.3, 0.4) is 0 Å². The summed E-state index contributed by atoms with van der Waals surface area (Å²) in [6.45, 7) is 9.82. The molecule has 1 fully saturated rings. The van der Waals surface area contributed by atoms with E-state index in [1.54, 1.807) is 0 Å². The molecule has 0 saturated carbocycles. The van der Waals surface area contributed by atoms with Gasteiger partial charge >= 0.3 is 0 Å². The Kier molecular flexibility index (Phi) is 9.39. The Hall–Kier alpha value is -1.64. The van der Waals surface area contributed by atoms with E-state index in [9.17, 15) is 0 Å². The molecular formula is C23H33IN4O. The first-order valence-electron chi connectivity index (χ1n) is 10.1. The van der Waals surface area contributed by atoms with Gasteiger partial charge in [0.15, 0.2) is 5.96 Å². The van der Waals surface area contributed by atoms with Gasteiger partial charge in [-0.05, 0) is 49.1 Å². The van der Waals surface area contributed by atoms with Crippen molar-refractivity contribution in [1.29, 1.82) is 0 Å². The summed E-state index contributed by atoms with van der Waals surface area (Å²) in [5.74, 6) is 0.438. The molecule has 2 unspecified atom stereocenters. The fraction of sp³-hybridized carbons (Fsp3) is 0.435. The molecule has 3 N–H and O–H groups in total. The zero-order valence-corrected chi connectivity index (χ0v) is 19.9. The van der Waals surface area contributed by atoms with Crippen LogP contribution in [0.15, 0.2) is 53.5 Å². The fourth-order valence-corrected chi connectivity index (χ4v) is 3.70. The van der Waals surface area contributed by atoms with Crippen LogP contribution in [0.4, 0.5) is 5.69 Å². The minimum absolute atomic E-state index is 0. The van der Waals surface area contributed by atoms with E-state index in [1.165, 1.54) is 16.7 Å². The van der Waals surface area contributed by atoms with Crippen LogP contribution in [0.5, 0.6) is 0 Å². The number of nitrogens with zero attached hydrogens (tertiary/aromatic N) is 2. The molecule has 1 heterocycles. The van der Waals surface area contributed by atoms with Crippen molar-refractivity contribution in [2.24, 2.45) is 10.7 Å². The van der Waals surface area contributed by atoms with Gasteiger partial charge in [0, 0.05) is 25.3 Å². The maximum absolute atomic E-state index is 6.11. The van der Waals surface area contributed by atoms with Crippen molar-refractivity contribution < 1.29 is 4.74 Å². The van der Waals surface area contributed by atoms with Gasteiger partial charge in [0.05, 0.1) is 18.8 Å². The van der Waals surface area contributed by atoms with E-state index in [-0.39, 0.29) is 36.2 Å². The molecule has 0 spiro atoms. The lowest BCUT2D eigenvalue weighted by Crippen LogP contribution is -2.44. The van der Waals surface area contributed by atoms with Crippen LogP contribution in [-0.4, -0.2) is 36.2 Å². The van der Waals surface area contributed by atoms with E-state index >= 15 is 0 Å². The van der Waals surface area contributed by atoms with Crippen molar-refractivity contribution in [2.45, 2.75) is 52.5 Å². The molecule has 0 aliphatic carbocycles. The number of hydrogen-bond acceptors (Lipinski definition) is 3. The Morgan fingerprint density at radius 3 is 2.31 bits per heavy atom. The van der Waals surface area contributed by atoms with Crippen LogP contribution in [0.2, 0.25) is 0 Å². The number of guanidine groups is 1. The molecule has 1 saturated heterocycles. The second kappa shape index (κ2) is 11.5. The summed E-state index contributed by atoms with van der Waals surface area (Å²) in [7, 11) is 0. The minimum Gasteiger partial charge on any atom is -0.373 e. The van der Waals surface area contributed by atoms with Gasteiger partial charge in [-0.1, -0.05) is 43.3 Å². The van der Waals surface area contributed by atoms with E-state index in [2.05, 4.69) is 72.4 Å². The lowest BCUT2D eigenvalue weighted by Gasteiger charge is -2.35. The fourth-order valence-electron chi connectivity index (χ4n) is 3.70. The first kappa shape index (κ1) is 23.6. The van der Waals surface area contributed by atoms with Crippen molar-refractivity contribution in [2.75, 3.05) is 18.4 Å². The number of rotatable bonds is 6. The van der Waals surface area contributed by atoms with Gasteiger partial charge in [-0.25, -0.2) is 4.99 Å². The average molecular weight is 508 g/mol. The van der Waals surface area contributed by atoms with Gasteiger partial charge in [0.1, 0.15) is 0 Å². The summed E-state index contributed by atoms with van der Waals surface area (Å²) in [4.78, 5) is 7.01. The SMILES string of the molecule is CCc1ccc(NC(N)=NCc2ccccc2CN2CC(C)OC(C)C2)cc1.I. The number of benzene rings is 2. The Morgan fingerprint density at radius 1 is 1.07 bits per heavy atom. The molecule has 0 aromatic heterocycles. The van der Waals surface area contributed by atoms with Crippen LogP contribution in [0.1, 0.15) is 37.5 Å². The summed E-state index contributed by atoms with van der Waals surface area (Å²) >= 11 is 0. The van der Waals surface area contributed by atoms with Gasteiger partial charge in [-0.2, -0.15) is 0 Å². The summed E-state index contributed by atoms with van der Waals surface area (Å²) < 4.78 is 5.85. The molecule has 2 aromatic rings. The normalized spacial score (nSPS) is 20.2. The molecule has 2 aromatic carbocycles. The highest BCUT2D eigenvalue weighted by Gasteiger charge is 2.22. The number of ether oxygens (including phenoxy) is 1. The maximum Gasteiger partial charge on any atom is 0.193 e. The molecule has 0 bridgehead atoms. The topological polar surface area (TPSA) is 62.9 Å². The highest BCUT2D eigenvalue weighted by Crippen LogP contribution is 2.18. The van der Waals surface area contributed by atoms with Crippen molar-refractivity contribution in [3.8, 4) is 0 Å². The molecule has 0 amide bonds. The smallest absolute Gasteiger partial charge is 0.193 e. The van der Waals surface area contributed by atoms with Crippen molar-refractivity contribution in [3.05, 3.63) is 65.2 Å². The number of anilines is 1. The third-order valence-electron chi connectivity index (χ3n) is 5.06. The van der Waals surface area contributed by atoms with Crippen LogP contribution < -0.4 is 11.1 Å². The number of halogens is 1. The summed E-state index contributed by atoms with van der Waals surface area (Å²) in [5, 5.41) is 3.18. The van der Waals surface area contributed by atoms with E-state index in [0.29, 0.717) is 12.5 Å². The third kappa shape index (κ3) is 7.28. The second-order valence-corrected chi connectivity index (χ2v) is 7.60. The summed E-state index contributed by atoms with van der Waals surface area (Å²) in [6, 6.07) is 16.8. The van der Waals surface area contributed by atoms with Gasteiger partial charge in [-0.15, -0.1) is 24.0 Å². The molecular weight excluding hydrogens is 475 g/mol. The zero-order chi connectivity index (χ0) is 19.9. The number of aryl methyl sites for hydroxylation is 1. The van der Waals surface area contributed by atoms with Gasteiger partial charge in [-0.3, -0.25) is 4.90 Å². The highest BCUT2D eigenvalue weighted by molar-refractivity contribution is 14.0. The lowest BCUT2D eigenvalue weighted by molar-refractivity contribution is -0.0705. The highest BCUT2D eigenvalue weighted by atomic mass is 127. The van der Waals surface area contributed by atoms with E-state index in [1.807, 2.05) is 12.1 Å². The first-order valence-corrected chi connectivity index (χ1v) is 10.1. The zero-order valence-electron chi connectivity index (χ0n) is 17.6. The number of hydrogen-bond donors (Lipinski definition) is 2. The average Bonchev–Trinajstić information content (AvgIpc) is 2.67. The molecule has 6 heteroatoms. The molecule has 2 atom stereocenters. The number of morpholine rings is 1. The predicted molar refractivity (Wildman–Crippen MR) is 132 cm³/mol. The minimum atomic E-state index is 0. The molecule has 29 heavy (non-hydrogen) atoms. The third-order valence-corrected chi connectivity index (χ3v) is 5.06. The van der Waals surface area contributed by atoms with Crippen molar-refractivity contribution in [3.63, 3.8) is 0 Å². The number of nitrogens with two attached hydrogens (primary N) is 1. The van der Waals surface area contributed by atoms with Crippen LogP contribution in [0.25, 0.3) is 0 Å². The molecule has 1 aliphatic rings. The van der Waals surface area contributed by atoms with Gasteiger partial charge in [0.2, 0.25) is 0 Å². The molecule has 5 nitrogen and oxygen atoms in total. The molecule has 0 radical (unpaired) electrons. The lowest BCUT2D eigenvalue weighted by atomic mass is 10.1. The van der Waals surface area contributed by atoms with Crippen LogP contribution in [0, 0.1) is 0 Å². The molecule has 158 valence electrons. The first-order chi connectivity index (χ1) is 13.5. The standard InChI is InChI=1S/C23H32N4O.HI/c1-4-19-9-11-22(12-10-19)26-23(24)25-13-20-7-5-6-8-21(20)16-27-14-17(2)28-18(3)15-27;/h5-12,17-18H,4,13-16H2,1-3H3,(H3,24,25,26);1H. The Labute approximate surface area is 191 Å². The Balaban J connectivity index is 0.00000300. The number of aliphatic imine (C=N–C) groups is 1.